The van der Waals surface area contributed by atoms with Gasteiger partial charge in [0.25, 0.3) is 5.56 Å². The number of hydrogen-bond acceptors (Lipinski definition) is 12. The lowest BCUT2D eigenvalue weighted by molar-refractivity contribution is -0.268. The van der Waals surface area contributed by atoms with E-state index in [1.165, 1.54) is 6.26 Å². The molecule has 5 atom stereocenters. The minimum atomic E-state index is -1.57. The summed E-state index contributed by atoms with van der Waals surface area (Å²) in [4.78, 5) is 62.7. The first kappa shape index (κ1) is 30.7. The first-order valence-corrected chi connectivity index (χ1v) is 13.1. The van der Waals surface area contributed by atoms with Gasteiger partial charge in [-0.2, -0.15) is 5.26 Å². The molecule has 0 unspecified atom stereocenters. The molecular weight excluding hydrogens is 564 g/mol. The molecule has 0 spiro atoms. The number of pyridine rings is 1. The molecule has 0 saturated carbocycles. The minimum absolute atomic E-state index is 0.193. The summed E-state index contributed by atoms with van der Waals surface area (Å²) < 4.78 is 34.5. The van der Waals surface area contributed by atoms with Crippen LogP contribution in [0.15, 0.2) is 64.0 Å². The van der Waals surface area contributed by atoms with E-state index in [-0.39, 0.29) is 22.6 Å². The number of furan rings is 1. The number of hydrogen-bond donors (Lipinski definition) is 0. The van der Waals surface area contributed by atoms with Gasteiger partial charge in [-0.3, -0.25) is 28.5 Å². The average molecular weight is 593 g/mol. The standard InChI is InChI=1S/C30H28N2O11/c1-16(33)39-15-25-26(40-17(2)34)27(41-18(3)35)28(42-19(4)36)30(43-25)32-23(20-9-6-5-7-10-20)13-21(22(14-31)29(32)37)24-11-8-12-38-24/h5-13,25-28,30H,15H2,1-4H3/t25-,26+,27+,28+,30-/m1/s1. The fraction of sp³-hybridized carbons (Fsp3) is 0.333. The molecule has 0 aliphatic carbocycles. The van der Waals surface area contributed by atoms with Crippen LogP contribution in [0.25, 0.3) is 22.6 Å². The van der Waals surface area contributed by atoms with E-state index in [0.29, 0.717) is 5.56 Å². The number of ether oxygens (including phenoxy) is 5. The summed E-state index contributed by atoms with van der Waals surface area (Å²) in [6, 6.07) is 15.3. The number of rotatable bonds is 8. The van der Waals surface area contributed by atoms with Gasteiger partial charge in [-0.1, -0.05) is 30.3 Å². The van der Waals surface area contributed by atoms with Gasteiger partial charge in [0.1, 0.15) is 30.1 Å². The lowest BCUT2D eigenvalue weighted by Gasteiger charge is -2.45. The predicted molar refractivity (Wildman–Crippen MR) is 146 cm³/mol. The van der Waals surface area contributed by atoms with Crippen LogP contribution < -0.4 is 5.56 Å². The smallest absolute Gasteiger partial charge is 0.303 e. The monoisotopic (exact) mass is 592 g/mol. The van der Waals surface area contributed by atoms with Crippen molar-refractivity contribution in [2.24, 2.45) is 0 Å². The summed E-state index contributed by atoms with van der Waals surface area (Å²) in [5, 5.41) is 10.1. The summed E-state index contributed by atoms with van der Waals surface area (Å²) in [6.07, 6.45) is -5.99. The van der Waals surface area contributed by atoms with Crippen molar-refractivity contribution in [2.45, 2.75) is 58.3 Å². The SMILES string of the molecule is CC(=O)OC[C@H]1O[C@@H](n2c(-c3ccccc3)cc(-c3ccco3)c(C#N)c2=O)[C@@H](OC(C)=O)[C@@H](OC(C)=O)[C@H]1OC(C)=O. The molecule has 224 valence electrons. The maximum absolute atomic E-state index is 14.2. The topological polar surface area (TPSA) is 173 Å². The highest BCUT2D eigenvalue weighted by Gasteiger charge is 2.53. The Kier molecular flexibility index (Phi) is 9.42. The highest BCUT2D eigenvalue weighted by Crippen LogP contribution is 2.38. The van der Waals surface area contributed by atoms with Crippen molar-refractivity contribution in [3.05, 3.63) is 70.7 Å². The van der Waals surface area contributed by atoms with Crippen LogP contribution >= 0.6 is 0 Å². The Morgan fingerprint density at radius 3 is 2.05 bits per heavy atom. The van der Waals surface area contributed by atoms with Crippen LogP contribution in [0.4, 0.5) is 0 Å². The number of carbonyl (C=O) groups is 4. The molecule has 13 heteroatoms. The van der Waals surface area contributed by atoms with Gasteiger partial charge in [0, 0.05) is 33.3 Å². The Morgan fingerprint density at radius 1 is 0.860 bits per heavy atom. The normalized spacial score (nSPS) is 21.2. The second-order valence-electron chi connectivity index (χ2n) is 9.54. The van der Waals surface area contributed by atoms with Crippen molar-refractivity contribution in [3.8, 4) is 28.7 Å². The molecule has 1 saturated heterocycles. The lowest BCUT2D eigenvalue weighted by atomic mass is 9.95. The van der Waals surface area contributed by atoms with Crippen LogP contribution in [0.1, 0.15) is 39.5 Å². The quantitative estimate of drug-likeness (QED) is 0.277. The number of esters is 4. The van der Waals surface area contributed by atoms with Gasteiger partial charge in [0.05, 0.1) is 12.0 Å². The van der Waals surface area contributed by atoms with Crippen LogP contribution in [0.3, 0.4) is 0 Å². The third-order valence-electron chi connectivity index (χ3n) is 6.43. The van der Waals surface area contributed by atoms with Crippen molar-refractivity contribution >= 4 is 23.9 Å². The van der Waals surface area contributed by atoms with Crippen molar-refractivity contribution in [1.82, 2.24) is 4.57 Å². The summed E-state index contributed by atoms with van der Waals surface area (Å²) in [7, 11) is 0. The predicted octanol–water partition coefficient (Wildman–Crippen LogP) is 2.90. The molecule has 3 aromatic rings. The number of carbonyl (C=O) groups excluding carboxylic acids is 4. The van der Waals surface area contributed by atoms with Gasteiger partial charge in [-0.05, 0) is 23.8 Å². The van der Waals surface area contributed by atoms with Gasteiger partial charge in [-0.25, -0.2) is 0 Å². The average Bonchev–Trinajstić information content (AvgIpc) is 3.49. The Labute approximate surface area is 245 Å². The molecule has 4 rings (SSSR count). The van der Waals surface area contributed by atoms with Crippen LogP contribution in [-0.4, -0.2) is 59.5 Å². The van der Waals surface area contributed by atoms with Gasteiger partial charge >= 0.3 is 23.9 Å². The molecular formula is C30H28N2O11. The Balaban J connectivity index is 2.03. The molecule has 13 nitrogen and oxygen atoms in total. The molecule has 1 fully saturated rings. The largest absolute Gasteiger partial charge is 0.464 e. The van der Waals surface area contributed by atoms with Gasteiger partial charge in [0.15, 0.2) is 24.5 Å². The number of nitriles is 1. The van der Waals surface area contributed by atoms with Crippen LogP contribution in [0, 0.1) is 11.3 Å². The van der Waals surface area contributed by atoms with Gasteiger partial charge in [-0.15, -0.1) is 0 Å². The second-order valence-corrected chi connectivity index (χ2v) is 9.54. The van der Waals surface area contributed by atoms with E-state index in [1.807, 2.05) is 6.07 Å². The van der Waals surface area contributed by atoms with Crippen molar-refractivity contribution < 1.29 is 47.3 Å². The fourth-order valence-corrected chi connectivity index (χ4v) is 4.86. The zero-order chi connectivity index (χ0) is 31.3. The van der Waals surface area contributed by atoms with Crippen LogP contribution in [0.5, 0.6) is 0 Å². The zero-order valence-corrected chi connectivity index (χ0v) is 23.7. The Bertz CT molecular complexity index is 1610. The van der Waals surface area contributed by atoms with Crippen molar-refractivity contribution in [2.75, 3.05) is 6.61 Å². The van der Waals surface area contributed by atoms with Crippen LogP contribution in [0.2, 0.25) is 0 Å². The Hall–Kier alpha value is -5.22. The van der Waals surface area contributed by atoms with E-state index in [9.17, 15) is 29.2 Å². The highest BCUT2D eigenvalue weighted by molar-refractivity contribution is 5.73. The second kappa shape index (κ2) is 13.2. The summed E-state index contributed by atoms with van der Waals surface area (Å²) >= 11 is 0. The maximum Gasteiger partial charge on any atom is 0.303 e. The summed E-state index contributed by atoms with van der Waals surface area (Å²) in [5.41, 5.74) is -0.251. The highest BCUT2D eigenvalue weighted by atomic mass is 16.7. The van der Waals surface area contributed by atoms with Gasteiger partial charge < -0.3 is 28.1 Å². The number of benzene rings is 1. The lowest BCUT2D eigenvalue weighted by Crippen LogP contribution is -2.61. The molecule has 0 amide bonds. The van der Waals surface area contributed by atoms with Crippen molar-refractivity contribution in [1.29, 1.82) is 5.26 Å². The number of aromatic nitrogens is 1. The molecule has 43 heavy (non-hydrogen) atoms. The maximum atomic E-state index is 14.2. The number of nitrogens with zero attached hydrogens (tertiary/aromatic N) is 2. The minimum Gasteiger partial charge on any atom is -0.464 e. The van der Waals surface area contributed by atoms with E-state index in [2.05, 4.69) is 0 Å². The molecule has 2 aromatic heterocycles. The molecule has 0 bridgehead atoms. The third kappa shape index (κ3) is 6.82. The van der Waals surface area contributed by atoms with E-state index >= 15 is 0 Å². The molecule has 0 N–H and O–H groups in total. The van der Waals surface area contributed by atoms with Crippen LogP contribution in [-0.2, 0) is 42.9 Å². The van der Waals surface area contributed by atoms with Crippen molar-refractivity contribution in [3.63, 3.8) is 0 Å². The summed E-state index contributed by atoms with van der Waals surface area (Å²) in [5.74, 6) is -2.90. The van der Waals surface area contributed by atoms with E-state index in [1.54, 1.807) is 48.5 Å². The fourth-order valence-electron chi connectivity index (χ4n) is 4.86. The molecule has 1 aliphatic rings. The van der Waals surface area contributed by atoms with E-state index in [0.717, 1.165) is 32.3 Å². The van der Waals surface area contributed by atoms with Gasteiger partial charge in [0.2, 0.25) is 0 Å². The zero-order valence-electron chi connectivity index (χ0n) is 23.7. The Morgan fingerprint density at radius 2 is 1.49 bits per heavy atom. The molecule has 3 heterocycles. The first-order valence-electron chi connectivity index (χ1n) is 13.1. The molecule has 1 aliphatic heterocycles. The first-order chi connectivity index (χ1) is 20.5. The third-order valence-corrected chi connectivity index (χ3v) is 6.43. The summed E-state index contributed by atoms with van der Waals surface area (Å²) in [6.45, 7) is 3.95. The van der Waals surface area contributed by atoms with E-state index < -0.39 is 66.7 Å². The molecule has 0 radical (unpaired) electrons. The van der Waals surface area contributed by atoms with E-state index in [4.69, 9.17) is 28.1 Å². The molecule has 1 aromatic carbocycles.